The van der Waals surface area contributed by atoms with Crippen LogP contribution in [0.5, 0.6) is 0 Å². The highest BCUT2D eigenvalue weighted by Gasteiger charge is 2.08. The van der Waals surface area contributed by atoms with E-state index in [0.717, 1.165) is 22.7 Å². The molecular weight excluding hydrogens is 330 g/mol. The van der Waals surface area contributed by atoms with Crippen molar-refractivity contribution in [3.8, 4) is 0 Å². The molecule has 3 rings (SSSR count). The molecule has 0 fully saturated rings. The predicted octanol–water partition coefficient (Wildman–Crippen LogP) is 3.38. The van der Waals surface area contributed by atoms with Gasteiger partial charge in [-0.25, -0.2) is 13.3 Å². The van der Waals surface area contributed by atoms with Crippen LogP contribution in [-0.2, 0) is 6.54 Å². The van der Waals surface area contributed by atoms with E-state index in [1.54, 1.807) is 10.7 Å². The number of nitrogens with one attached hydrogen (secondary N) is 1. The topological polar surface area (TPSA) is 42.2 Å². The van der Waals surface area contributed by atoms with Crippen LogP contribution >= 0.6 is 15.9 Å². The highest BCUT2D eigenvalue weighted by molar-refractivity contribution is 9.10. The SMILES string of the molecule is Fc1ccc(F)c(CNc2nc3c(Br)cccn3n2)c1. The van der Waals surface area contributed by atoms with E-state index in [-0.39, 0.29) is 12.1 Å². The van der Waals surface area contributed by atoms with Crippen molar-refractivity contribution in [3.05, 3.63) is 58.2 Å². The van der Waals surface area contributed by atoms with E-state index in [2.05, 4.69) is 31.3 Å². The van der Waals surface area contributed by atoms with E-state index >= 15 is 0 Å². The van der Waals surface area contributed by atoms with E-state index in [1.807, 2.05) is 12.1 Å². The molecule has 0 spiro atoms. The maximum Gasteiger partial charge on any atom is 0.243 e. The third kappa shape index (κ3) is 2.49. The van der Waals surface area contributed by atoms with Crippen LogP contribution in [0.25, 0.3) is 5.65 Å². The van der Waals surface area contributed by atoms with E-state index in [4.69, 9.17) is 0 Å². The molecule has 2 aromatic heterocycles. The van der Waals surface area contributed by atoms with E-state index in [0.29, 0.717) is 11.6 Å². The number of pyridine rings is 1. The molecule has 0 amide bonds. The van der Waals surface area contributed by atoms with Crippen molar-refractivity contribution >= 4 is 27.5 Å². The second kappa shape index (κ2) is 5.16. The average Bonchev–Trinajstić information content (AvgIpc) is 2.84. The molecule has 0 radical (unpaired) electrons. The standard InChI is InChI=1S/C13H9BrF2N4/c14-10-2-1-5-20-12(10)18-13(19-20)17-7-8-6-9(15)3-4-11(8)16/h1-6H,7H2,(H,17,19). The van der Waals surface area contributed by atoms with E-state index in [1.165, 1.54) is 0 Å². The van der Waals surface area contributed by atoms with Gasteiger partial charge in [0, 0.05) is 18.3 Å². The zero-order chi connectivity index (χ0) is 14.1. The summed E-state index contributed by atoms with van der Waals surface area (Å²) in [4.78, 5) is 4.26. The van der Waals surface area contributed by atoms with Gasteiger partial charge in [0.05, 0.1) is 4.47 Å². The van der Waals surface area contributed by atoms with Crippen molar-refractivity contribution in [1.29, 1.82) is 0 Å². The molecule has 1 aromatic carbocycles. The number of halogens is 3. The van der Waals surface area contributed by atoms with Gasteiger partial charge in [0.2, 0.25) is 5.95 Å². The summed E-state index contributed by atoms with van der Waals surface area (Å²) in [7, 11) is 0. The summed E-state index contributed by atoms with van der Waals surface area (Å²) < 4.78 is 28.9. The molecule has 0 bridgehead atoms. The Hall–Kier alpha value is -2.02. The second-order valence-corrected chi connectivity index (χ2v) is 5.00. The molecule has 20 heavy (non-hydrogen) atoms. The Morgan fingerprint density at radius 1 is 1.25 bits per heavy atom. The summed E-state index contributed by atoms with van der Waals surface area (Å²) in [6, 6.07) is 7.00. The summed E-state index contributed by atoms with van der Waals surface area (Å²) in [6.07, 6.45) is 1.75. The van der Waals surface area contributed by atoms with Crippen LogP contribution in [0.3, 0.4) is 0 Å². The molecular formula is C13H9BrF2N4. The lowest BCUT2D eigenvalue weighted by Crippen LogP contribution is -2.03. The quantitative estimate of drug-likeness (QED) is 0.796. The van der Waals surface area contributed by atoms with Gasteiger partial charge in [-0.15, -0.1) is 5.10 Å². The normalized spacial score (nSPS) is 10.9. The molecule has 1 N–H and O–H groups in total. The molecule has 0 aliphatic carbocycles. The number of benzene rings is 1. The smallest absolute Gasteiger partial charge is 0.243 e. The Morgan fingerprint density at radius 2 is 2.10 bits per heavy atom. The fourth-order valence-electron chi connectivity index (χ4n) is 1.80. The third-order valence-corrected chi connectivity index (χ3v) is 3.38. The van der Waals surface area contributed by atoms with Crippen LogP contribution < -0.4 is 5.32 Å². The molecule has 3 aromatic rings. The lowest BCUT2D eigenvalue weighted by Gasteiger charge is -2.03. The zero-order valence-electron chi connectivity index (χ0n) is 10.1. The van der Waals surface area contributed by atoms with Gasteiger partial charge in [0.15, 0.2) is 5.65 Å². The van der Waals surface area contributed by atoms with Crippen LogP contribution in [0.2, 0.25) is 0 Å². The summed E-state index contributed by atoms with van der Waals surface area (Å²) in [5.41, 5.74) is 0.873. The van der Waals surface area contributed by atoms with Gasteiger partial charge in [0.1, 0.15) is 11.6 Å². The molecule has 4 nitrogen and oxygen atoms in total. The van der Waals surface area contributed by atoms with Crippen LogP contribution in [0.4, 0.5) is 14.7 Å². The molecule has 0 atom stereocenters. The molecule has 2 heterocycles. The number of hydrogen-bond donors (Lipinski definition) is 1. The molecule has 0 saturated carbocycles. The Balaban J connectivity index is 1.83. The van der Waals surface area contributed by atoms with Gasteiger partial charge in [0.25, 0.3) is 0 Å². The number of hydrogen-bond acceptors (Lipinski definition) is 3. The molecule has 102 valence electrons. The lowest BCUT2D eigenvalue weighted by atomic mass is 10.2. The minimum Gasteiger partial charge on any atom is -0.349 e. The first kappa shape index (κ1) is 13.0. The summed E-state index contributed by atoms with van der Waals surface area (Å²) in [5, 5.41) is 7.06. The highest BCUT2D eigenvalue weighted by Crippen LogP contribution is 2.17. The second-order valence-electron chi connectivity index (χ2n) is 4.15. The summed E-state index contributed by atoms with van der Waals surface area (Å²) in [6.45, 7) is 0.109. The predicted molar refractivity (Wildman–Crippen MR) is 74.4 cm³/mol. The highest BCUT2D eigenvalue weighted by atomic mass is 79.9. The zero-order valence-corrected chi connectivity index (χ0v) is 11.7. The van der Waals surface area contributed by atoms with Gasteiger partial charge in [-0.1, -0.05) is 0 Å². The minimum atomic E-state index is -0.478. The Kier molecular flexibility index (Phi) is 3.35. The molecule has 0 saturated heterocycles. The third-order valence-electron chi connectivity index (χ3n) is 2.76. The number of anilines is 1. The van der Waals surface area contributed by atoms with Crippen molar-refractivity contribution in [2.24, 2.45) is 0 Å². The fraction of sp³-hybridized carbons (Fsp3) is 0.0769. The summed E-state index contributed by atoms with van der Waals surface area (Å²) >= 11 is 3.37. The Bertz CT molecular complexity index is 772. The average molecular weight is 339 g/mol. The van der Waals surface area contributed by atoms with Crippen LogP contribution in [0.15, 0.2) is 41.0 Å². The van der Waals surface area contributed by atoms with Crippen molar-refractivity contribution < 1.29 is 8.78 Å². The maximum absolute atomic E-state index is 13.5. The molecule has 0 aliphatic rings. The first-order valence-electron chi connectivity index (χ1n) is 5.82. The molecule has 7 heteroatoms. The monoisotopic (exact) mass is 338 g/mol. The van der Waals surface area contributed by atoms with Crippen molar-refractivity contribution in [2.75, 3.05) is 5.32 Å². The Morgan fingerprint density at radius 3 is 2.90 bits per heavy atom. The van der Waals surface area contributed by atoms with Crippen LogP contribution in [0, 0.1) is 11.6 Å². The number of fused-ring (bicyclic) bond motifs is 1. The lowest BCUT2D eigenvalue weighted by molar-refractivity contribution is 0.587. The molecule has 0 aliphatic heterocycles. The summed E-state index contributed by atoms with van der Waals surface area (Å²) in [5.74, 6) is -0.599. The van der Waals surface area contributed by atoms with Gasteiger partial charge < -0.3 is 5.32 Å². The van der Waals surface area contributed by atoms with Crippen molar-refractivity contribution in [2.45, 2.75) is 6.54 Å². The largest absolute Gasteiger partial charge is 0.349 e. The maximum atomic E-state index is 13.5. The number of aromatic nitrogens is 3. The number of rotatable bonds is 3. The van der Waals surface area contributed by atoms with Gasteiger partial charge in [-0.2, -0.15) is 4.98 Å². The van der Waals surface area contributed by atoms with Crippen LogP contribution in [0.1, 0.15) is 5.56 Å². The first-order valence-corrected chi connectivity index (χ1v) is 6.61. The number of nitrogens with zero attached hydrogens (tertiary/aromatic N) is 3. The van der Waals surface area contributed by atoms with Crippen molar-refractivity contribution in [1.82, 2.24) is 14.6 Å². The Labute approximate surface area is 121 Å². The van der Waals surface area contributed by atoms with Gasteiger partial charge in [-0.3, -0.25) is 0 Å². The minimum absolute atomic E-state index is 0.109. The van der Waals surface area contributed by atoms with Gasteiger partial charge in [-0.05, 0) is 46.3 Å². The van der Waals surface area contributed by atoms with E-state index in [9.17, 15) is 8.78 Å². The van der Waals surface area contributed by atoms with Gasteiger partial charge >= 0.3 is 0 Å². The van der Waals surface area contributed by atoms with Crippen molar-refractivity contribution in [3.63, 3.8) is 0 Å². The first-order chi connectivity index (χ1) is 9.63. The molecule has 0 unspecified atom stereocenters. The fourth-order valence-corrected chi connectivity index (χ4v) is 2.22. The van der Waals surface area contributed by atoms with Crippen LogP contribution in [-0.4, -0.2) is 14.6 Å². The van der Waals surface area contributed by atoms with E-state index < -0.39 is 11.6 Å².